The number of carbonyl (C=O) groups excluding carboxylic acids is 4. The first-order chi connectivity index (χ1) is 24.2. The normalized spacial score (nSPS) is 31.3. The van der Waals surface area contributed by atoms with E-state index in [9.17, 15) is 19.5 Å². The maximum atomic E-state index is 15.2. The van der Waals surface area contributed by atoms with Gasteiger partial charge in [-0.1, -0.05) is 95.7 Å². The Morgan fingerprint density at radius 3 is 2.44 bits per heavy atom. The van der Waals surface area contributed by atoms with Crippen molar-refractivity contribution < 1.29 is 33.8 Å². The van der Waals surface area contributed by atoms with Crippen LogP contribution in [0.5, 0.6) is 0 Å². The number of cyclic esters (lactones) is 1. The number of halogens is 1. The second-order valence-electron chi connectivity index (χ2n) is 13.4. The standard InChI is InChI=1S/C39H40BrN3O7/c1-3-27(22-44)43-35-37(47)42(28-18-17-24-12-9-10-15-26(24)20-28)19-11-5-8-16-30(45)41-23(2)33(25-13-6-4-7-14-25)49-38(48)31-32(36(43)46)39(35)21-29(40)34(31)50-39/h4-7,9-15,17-18,20-21,23,27,31-35,44H,3,8,16,19,22H2,1-2H3,(H,41,45)/b11-5-/t23-,27-,31+,32-,33+,34+,35+,39-/m0/s1. The lowest BCUT2D eigenvalue weighted by molar-refractivity contribution is -0.161. The van der Waals surface area contributed by atoms with Gasteiger partial charge in [-0.25, -0.2) is 0 Å². The number of aliphatic hydroxyl groups excluding tert-OH is 1. The van der Waals surface area contributed by atoms with Gasteiger partial charge in [-0.05, 0) is 54.3 Å². The Morgan fingerprint density at radius 1 is 0.960 bits per heavy atom. The summed E-state index contributed by atoms with van der Waals surface area (Å²) in [7, 11) is 0. The zero-order chi connectivity index (χ0) is 35.2. The molecule has 4 heterocycles. The number of carbonyl (C=O) groups is 4. The third kappa shape index (κ3) is 5.75. The lowest BCUT2D eigenvalue weighted by atomic mass is 9.74. The van der Waals surface area contributed by atoms with Crippen molar-refractivity contribution in [1.82, 2.24) is 10.2 Å². The molecule has 8 atom stereocenters. The molecule has 0 aromatic heterocycles. The van der Waals surface area contributed by atoms with Crippen molar-refractivity contribution >= 4 is 56.1 Å². The maximum absolute atomic E-state index is 15.2. The third-order valence-corrected chi connectivity index (χ3v) is 11.1. The lowest BCUT2D eigenvalue weighted by Gasteiger charge is -2.38. The fourth-order valence-corrected chi connectivity index (χ4v) is 8.78. The van der Waals surface area contributed by atoms with E-state index in [1.54, 1.807) is 17.9 Å². The number of fused-ring (bicyclic) bond motifs is 3. The molecule has 0 saturated carbocycles. The molecule has 7 rings (SSSR count). The summed E-state index contributed by atoms with van der Waals surface area (Å²) in [6.45, 7) is 3.41. The van der Waals surface area contributed by atoms with Gasteiger partial charge in [0.2, 0.25) is 11.8 Å². The summed E-state index contributed by atoms with van der Waals surface area (Å²) < 4.78 is 13.5. The Balaban J connectivity index is 1.37. The molecule has 5 bridgehead atoms. The molecular formula is C39H40BrN3O7. The molecule has 3 aromatic rings. The number of ether oxygens (including phenoxy) is 2. The van der Waals surface area contributed by atoms with E-state index in [1.807, 2.05) is 91.9 Å². The summed E-state index contributed by atoms with van der Waals surface area (Å²) in [5.74, 6) is -3.90. The molecule has 260 valence electrons. The first-order valence-electron chi connectivity index (χ1n) is 17.2. The second-order valence-corrected chi connectivity index (χ2v) is 14.3. The number of likely N-dealkylation sites (tertiary alicyclic amines) is 1. The second kappa shape index (κ2) is 13.8. The van der Waals surface area contributed by atoms with Gasteiger partial charge < -0.3 is 29.7 Å². The van der Waals surface area contributed by atoms with E-state index in [0.29, 0.717) is 28.6 Å². The van der Waals surface area contributed by atoms with Gasteiger partial charge in [-0.15, -0.1) is 0 Å². The highest BCUT2D eigenvalue weighted by molar-refractivity contribution is 9.11. The smallest absolute Gasteiger partial charge is 0.313 e. The minimum absolute atomic E-state index is 0.153. The van der Waals surface area contributed by atoms with E-state index in [0.717, 1.165) is 10.8 Å². The SMILES string of the molecule is CC[C@@H](CO)N1C(=O)[C@@H]2[C@H]3C(=O)O[C@@H](c4ccccc4)[C@H](C)NC(=O)CC/C=C\CN(c4ccc5ccccc5c4)C(=O)[C@@H]1[C@]21C=C(Br)[C@H]3O1. The quantitative estimate of drug-likeness (QED) is 0.280. The molecule has 0 radical (unpaired) electrons. The fraction of sp³-hybridized carbons (Fsp3) is 0.385. The van der Waals surface area contributed by atoms with Crippen LogP contribution in [0.15, 0.2) is 95.5 Å². The Morgan fingerprint density at radius 2 is 1.70 bits per heavy atom. The van der Waals surface area contributed by atoms with Crippen molar-refractivity contribution in [3.8, 4) is 0 Å². The number of nitrogens with zero attached hydrogens (tertiary/aromatic N) is 2. The molecule has 2 N–H and O–H groups in total. The van der Waals surface area contributed by atoms with Crippen LogP contribution in [0.1, 0.15) is 44.8 Å². The first-order valence-corrected chi connectivity index (χ1v) is 18.0. The average Bonchev–Trinajstić information content (AvgIpc) is 3.72. The van der Waals surface area contributed by atoms with E-state index >= 15 is 4.79 Å². The lowest BCUT2D eigenvalue weighted by Crippen LogP contribution is -2.58. The number of hydrogen-bond donors (Lipinski definition) is 2. The van der Waals surface area contributed by atoms with Crippen molar-refractivity contribution in [1.29, 1.82) is 0 Å². The number of esters is 1. The highest BCUT2D eigenvalue weighted by Crippen LogP contribution is 2.59. The third-order valence-electron chi connectivity index (χ3n) is 10.5. The largest absolute Gasteiger partial charge is 0.455 e. The van der Waals surface area contributed by atoms with Crippen LogP contribution in [0.25, 0.3) is 10.8 Å². The Labute approximate surface area is 299 Å². The van der Waals surface area contributed by atoms with E-state index in [2.05, 4.69) is 21.2 Å². The van der Waals surface area contributed by atoms with Gasteiger partial charge in [0, 0.05) is 23.1 Å². The van der Waals surface area contributed by atoms with Gasteiger partial charge in [0.25, 0.3) is 5.91 Å². The van der Waals surface area contributed by atoms with Gasteiger partial charge >= 0.3 is 5.97 Å². The van der Waals surface area contributed by atoms with E-state index < -0.39 is 65.6 Å². The average molecular weight is 743 g/mol. The highest BCUT2D eigenvalue weighted by Gasteiger charge is 2.75. The minimum atomic E-state index is -1.50. The molecule has 4 aliphatic rings. The molecule has 2 fully saturated rings. The van der Waals surface area contributed by atoms with Gasteiger partial charge in [0.1, 0.15) is 29.8 Å². The van der Waals surface area contributed by atoms with E-state index in [4.69, 9.17) is 9.47 Å². The molecule has 1 spiro atoms. The molecule has 11 heteroatoms. The first kappa shape index (κ1) is 34.1. The van der Waals surface area contributed by atoms with Crippen LogP contribution in [0.4, 0.5) is 5.69 Å². The molecule has 50 heavy (non-hydrogen) atoms. The van der Waals surface area contributed by atoms with Crippen LogP contribution in [-0.2, 0) is 28.7 Å². The van der Waals surface area contributed by atoms with Crippen molar-refractivity contribution in [2.75, 3.05) is 18.1 Å². The topological polar surface area (TPSA) is 125 Å². The molecule has 4 aliphatic heterocycles. The summed E-state index contributed by atoms with van der Waals surface area (Å²) in [6, 6.07) is 20.3. The van der Waals surface area contributed by atoms with Crippen LogP contribution in [0.3, 0.4) is 0 Å². The van der Waals surface area contributed by atoms with Crippen LogP contribution in [0, 0.1) is 11.8 Å². The number of allylic oxidation sites excluding steroid dienone is 1. The minimum Gasteiger partial charge on any atom is -0.455 e. The molecule has 3 aromatic carbocycles. The Bertz CT molecular complexity index is 1880. The molecule has 2 saturated heterocycles. The van der Waals surface area contributed by atoms with Crippen molar-refractivity contribution in [2.45, 2.75) is 69.0 Å². The number of amides is 3. The summed E-state index contributed by atoms with van der Waals surface area (Å²) in [4.78, 5) is 60.4. The Kier molecular flexibility index (Phi) is 9.40. The molecule has 3 amide bonds. The van der Waals surface area contributed by atoms with Gasteiger partial charge in [0.15, 0.2) is 0 Å². The number of rotatable bonds is 5. The van der Waals surface area contributed by atoms with Crippen LogP contribution >= 0.6 is 15.9 Å². The monoisotopic (exact) mass is 741 g/mol. The van der Waals surface area contributed by atoms with E-state index in [1.165, 1.54) is 4.90 Å². The number of aliphatic hydroxyl groups is 1. The van der Waals surface area contributed by atoms with Crippen molar-refractivity contribution in [3.05, 3.63) is 101 Å². The predicted molar refractivity (Wildman–Crippen MR) is 191 cm³/mol. The zero-order valence-electron chi connectivity index (χ0n) is 27.9. The highest BCUT2D eigenvalue weighted by atomic mass is 79.9. The number of hydrogen-bond acceptors (Lipinski definition) is 7. The molecular weight excluding hydrogens is 702 g/mol. The van der Waals surface area contributed by atoms with Crippen LogP contribution < -0.4 is 10.2 Å². The van der Waals surface area contributed by atoms with Crippen LogP contribution in [-0.4, -0.2) is 76.7 Å². The van der Waals surface area contributed by atoms with Crippen LogP contribution in [0.2, 0.25) is 0 Å². The summed E-state index contributed by atoms with van der Waals surface area (Å²) in [5.41, 5.74) is -0.201. The summed E-state index contributed by atoms with van der Waals surface area (Å²) in [5, 5.41) is 15.5. The molecule has 0 unspecified atom stereocenters. The van der Waals surface area contributed by atoms with Gasteiger partial charge in [-0.2, -0.15) is 0 Å². The number of anilines is 1. The number of benzene rings is 3. The maximum Gasteiger partial charge on any atom is 0.313 e. The van der Waals surface area contributed by atoms with Gasteiger partial charge in [0.05, 0.1) is 24.6 Å². The number of nitrogens with one attached hydrogen (secondary N) is 1. The van der Waals surface area contributed by atoms with Crippen molar-refractivity contribution in [3.63, 3.8) is 0 Å². The Hall–Kier alpha value is -4.32. The predicted octanol–water partition coefficient (Wildman–Crippen LogP) is 4.96. The molecule has 0 aliphatic carbocycles. The summed E-state index contributed by atoms with van der Waals surface area (Å²) >= 11 is 3.61. The molecule has 10 nitrogen and oxygen atoms in total. The fourth-order valence-electron chi connectivity index (χ4n) is 8.05. The van der Waals surface area contributed by atoms with Gasteiger partial charge in [-0.3, -0.25) is 19.2 Å². The van der Waals surface area contributed by atoms with Crippen molar-refractivity contribution in [2.24, 2.45) is 11.8 Å². The zero-order valence-corrected chi connectivity index (χ0v) is 29.5. The summed E-state index contributed by atoms with van der Waals surface area (Å²) in [6.07, 6.45) is 4.74. The van der Waals surface area contributed by atoms with E-state index in [-0.39, 0.29) is 25.5 Å².